The van der Waals surface area contributed by atoms with Crippen molar-refractivity contribution in [3.63, 3.8) is 0 Å². The number of para-hydroxylation sites is 1. The Bertz CT molecular complexity index is 983. The van der Waals surface area contributed by atoms with Crippen LogP contribution in [0.4, 0.5) is 5.69 Å². The highest BCUT2D eigenvalue weighted by Crippen LogP contribution is 2.25. The summed E-state index contributed by atoms with van der Waals surface area (Å²) in [5, 5.41) is 12.3. The molecule has 1 heterocycles. The minimum Gasteiger partial charge on any atom is -0.325 e. The van der Waals surface area contributed by atoms with Gasteiger partial charge in [-0.3, -0.25) is 4.79 Å². The second kappa shape index (κ2) is 10.3. The Balaban J connectivity index is 1.61. The van der Waals surface area contributed by atoms with Crippen LogP contribution in [0, 0.1) is 13.8 Å². The Morgan fingerprint density at radius 2 is 1.86 bits per heavy atom. The van der Waals surface area contributed by atoms with E-state index in [4.69, 9.17) is 0 Å². The number of nitrogens with one attached hydrogen (secondary N) is 1. The van der Waals surface area contributed by atoms with Crippen LogP contribution in [0.3, 0.4) is 0 Å². The number of hydrogen-bond acceptors (Lipinski definition) is 5. The summed E-state index contributed by atoms with van der Waals surface area (Å²) in [6, 6.07) is 16.2. The van der Waals surface area contributed by atoms with Crippen molar-refractivity contribution in [2.24, 2.45) is 0 Å². The van der Waals surface area contributed by atoms with Gasteiger partial charge in [-0.25, -0.2) is 0 Å². The molecule has 3 rings (SSSR count). The molecular formula is C22H24N4OS2. The molecule has 0 bridgehead atoms. The Morgan fingerprint density at radius 3 is 2.59 bits per heavy atom. The third kappa shape index (κ3) is 5.98. The monoisotopic (exact) mass is 424 g/mol. The van der Waals surface area contributed by atoms with Gasteiger partial charge in [0.2, 0.25) is 5.91 Å². The molecule has 0 aliphatic heterocycles. The van der Waals surface area contributed by atoms with Gasteiger partial charge in [0.1, 0.15) is 5.82 Å². The molecule has 1 aromatic heterocycles. The normalized spacial score (nSPS) is 10.7. The molecule has 29 heavy (non-hydrogen) atoms. The standard InChI is InChI=1S/C22H24N4OS2/c1-4-13-26-20(14-28-18-11-9-16(2)10-12-18)24-25-22(26)29-15-21(27)23-19-8-6-5-7-17(19)3/h4-12H,1,13-15H2,2-3H3,(H,23,27). The number of aromatic nitrogens is 3. The second-order valence-electron chi connectivity index (χ2n) is 6.55. The average molecular weight is 425 g/mol. The number of nitrogens with zero attached hydrogens (tertiary/aromatic N) is 3. The summed E-state index contributed by atoms with van der Waals surface area (Å²) in [5.41, 5.74) is 3.11. The largest absolute Gasteiger partial charge is 0.325 e. The maximum Gasteiger partial charge on any atom is 0.234 e. The zero-order chi connectivity index (χ0) is 20.6. The first-order chi connectivity index (χ1) is 14.1. The Kier molecular flexibility index (Phi) is 7.55. The summed E-state index contributed by atoms with van der Waals surface area (Å²) in [4.78, 5) is 13.5. The number of rotatable bonds is 9. The van der Waals surface area contributed by atoms with E-state index in [1.54, 1.807) is 11.8 Å². The number of carbonyl (C=O) groups is 1. The zero-order valence-corrected chi connectivity index (χ0v) is 18.2. The average Bonchev–Trinajstić information content (AvgIpc) is 3.10. The quantitative estimate of drug-likeness (QED) is 0.382. The molecule has 5 nitrogen and oxygen atoms in total. The predicted molar refractivity (Wildman–Crippen MR) is 121 cm³/mol. The lowest BCUT2D eigenvalue weighted by molar-refractivity contribution is -0.113. The van der Waals surface area contributed by atoms with Gasteiger partial charge in [0.05, 0.1) is 11.5 Å². The van der Waals surface area contributed by atoms with E-state index in [9.17, 15) is 4.79 Å². The van der Waals surface area contributed by atoms with Gasteiger partial charge in [0.25, 0.3) is 0 Å². The van der Waals surface area contributed by atoms with Crippen molar-refractivity contribution >= 4 is 35.1 Å². The summed E-state index contributed by atoms with van der Waals surface area (Å²) in [6.45, 7) is 8.50. The highest BCUT2D eigenvalue weighted by Gasteiger charge is 2.14. The molecule has 0 aliphatic rings. The molecule has 0 atom stereocenters. The fourth-order valence-corrected chi connectivity index (χ4v) is 4.26. The van der Waals surface area contributed by atoms with Crippen molar-refractivity contribution < 1.29 is 4.79 Å². The van der Waals surface area contributed by atoms with Crippen LogP contribution >= 0.6 is 23.5 Å². The second-order valence-corrected chi connectivity index (χ2v) is 8.54. The number of allylic oxidation sites excluding steroid dienone is 1. The minimum atomic E-state index is -0.0620. The van der Waals surface area contributed by atoms with Crippen LogP contribution in [0.2, 0.25) is 0 Å². The van der Waals surface area contributed by atoms with Crippen LogP contribution in [0.25, 0.3) is 0 Å². The molecule has 2 aromatic carbocycles. The number of amides is 1. The maximum atomic E-state index is 12.3. The molecule has 0 unspecified atom stereocenters. The first-order valence-electron chi connectivity index (χ1n) is 9.27. The van der Waals surface area contributed by atoms with Gasteiger partial charge in [-0.1, -0.05) is 53.7 Å². The summed E-state index contributed by atoms with van der Waals surface area (Å²) in [7, 11) is 0. The topological polar surface area (TPSA) is 59.8 Å². The lowest BCUT2D eigenvalue weighted by atomic mass is 10.2. The van der Waals surface area contributed by atoms with Crippen LogP contribution in [-0.2, 0) is 17.1 Å². The van der Waals surface area contributed by atoms with Gasteiger partial charge in [0, 0.05) is 17.1 Å². The van der Waals surface area contributed by atoms with Gasteiger partial charge in [-0.2, -0.15) is 0 Å². The molecule has 150 valence electrons. The van der Waals surface area contributed by atoms with Gasteiger partial charge in [0.15, 0.2) is 5.16 Å². The number of hydrogen-bond donors (Lipinski definition) is 1. The third-order valence-electron chi connectivity index (χ3n) is 4.25. The van der Waals surface area contributed by atoms with Gasteiger partial charge < -0.3 is 9.88 Å². The summed E-state index contributed by atoms with van der Waals surface area (Å²) < 4.78 is 2.01. The molecular weight excluding hydrogens is 400 g/mol. The molecule has 1 amide bonds. The molecule has 0 spiro atoms. The van der Waals surface area contributed by atoms with E-state index in [0.717, 1.165) is 22.2 Å². The lowest BCUT2D eigenvalue weighted by Gasteiger charge is -2.09. The van der Waals surface area contributed by atoms with E-state index < -0.39 is 0 Å². The number of aryl methyl sites for hydroxylation is 2. The Morgan fingerprint density at radius 1 is 1.10 bits per heavy atom. The fraction of sp³-hybridized carbons (Fsp3) is 0.227. The van der Waals surface area contributed by atoms with Crippen molar-refractivity contribution in [1.29, 1.82) is 0 Å². The van der Waals surface area contributed by atoms with Gasteiger partial charge >= 0.3 is 0 Å². The first kappa shape index (κ1) is 21.2. The van der Waals surface area contributed by atoms with E-state index >= 15 is 0 Å². The molecule has 0 fully saturated rings. The van der Waals surface area contributed by atoms with Crippen molar-refractivity contribution in [3.05, 3.63) is 78.1 Å². The van der Waals surface area contributed by atoms with E-state index in [-0.39, 0.29) is 11.7 Å². The van der Waals surface area contributed by atoms with Crippen molar-refractivity contribution in [1.82, 2.24) is 14.8 Å². The smallest absolute Gasteiger partial charge is 0.234 e. The Labute approximate surface area is 180 Å². The summed E-state index contributed by atoms with van der Waals surface area (Å²) in [6.07, 6.45) is 1.82. The van der Waals surface area contributed by atoms with Crippen LogP contribution in [0.5, 0.6) is 0 Å². The van der Waals surface area contributed by atoms with Crippen LogP contribution < -0.4 is 5.32 Å². The van der Waals surface area contributed by atoms with Crippen LogP contribution in [-0.4, -0.2) is 26.4 Å². The molecule has 0 saturated carbocycles. The van der Waals surface area contributed by atoms with Crippen LogP contribution in [0.15, 0.2) is 71.2 Å². The molecule has 1 N–H and O–H groups in total. The molecule has 0 aliphatic carbocycles. The number of benzene rings is 2. The van der Waals surface area contributed by atoms with E-state index in [0.29, 0.717) is 12.3 Å². The zero-order valence-electron chi connectivity index (χ0n) is 16.6. The third-order valence-corrected chi connectivity index (χ3v) is 6.22. The SMILES string of the molecule is C=CCn1c(CSc2ccc(C)cc2)nnc1SCC(=O)Nc1ccccc1C. The van der Waals surface area contributed by atoms with Crippen molar-refractivity contribution in [2.45, 2.75) is 36.2 Å². The minimum absolute atomic E-state index is 0.0620. The van der Waals surface area contributed by atoms with Crippen molar-refractivity contribution in [3.8, 4) is 0 Å². The highest BCUT2D eigenvalue weighted by atomic mass is 32.2. The Hall–Kier alpha value is -2.51. The first-order valence-corrected chi connectivity index (χ1v) is 11.2. The van der Waals surface area contributed by atoms with E-state index in [1.807, 2.05) is 41.8 Å². The molecule has 0 radical (unpaired) electrons. The maximum absolute atomic E-state index is 12.3. The number of carbonyl (C=O) groups excluding carboxylic acids is 1. The predicted octanol–water partition coefficient (Wildman–Crippen LogP) is 5.10. The number of anilines is 1. The summed E-state index contributed by atoms with van der Waals surface area (Å²) >= 11 is 3.10. The molecule has 0 saturated heterocycles. The van der Waals surface area contributed by atoms with E-state index in [2.05, 4.69) is 53.3 Å². The fourth-order valence-electron chi connectivity index (χ4n) is 2.66. The summed E-state index contributed by atoms with van der Waals surface area (Å²) in [5.74, 6) is 1.79. The van der Waals surface area contributed by atoms with Crippen molar-refractivity contribution in [2.75, 3.05) is 11.1 Å². The van der Waals surface area contributed by atoms with Crippen LogP contribution in [0.1, 0.15) is 17.0 Å². The van der Waals surface area contributed by atoms with E-state index in [1.165, 1.54) is 22.2 Å². The lowest BCUT2D eigenvalue weighted by Crippen LogP contribution is -2.15. The van der Waals surface area contributed by atoms with Gasteiger partial charge in [-0.15, -0.1) is 28.5 Å². The number of thioether (sulfide) groups is 2. The molecule has 3 aromatic rings. The molecule has 7 heteroatoms. The highest BCUT2D eigenvalue weighted by molar-refractivity contribution is 7.99. The van der Waals surface area contributed by atoms with Gasteiger partial charge in [-0.05, 0) is 37.6 Å².